The SMILES string of the molecule is CSCC(C)CNCc1ccc(N2CCOCC2)cc1. The van der Waals surface area contributed by atoms with Gasteiger partial charge in [-0.05, 0) is 42.2 Å². The van der Waals surface area contributed by atoms with Crippen molar-refractivity contribution in [2.24, 2.45) is 5.92 Å². The summed E-state index contributed by atoms with van der Waals surface area (Å²) < 4.78 is 5.39. The van der Waals surface area contributed by atoms with Crippen LogP contribution in [0.3, 0.4) is 0 Å². The average Bonchev–Trinajstić information content (AvgIpc) is 2.49. The van der Waals surface area contributed by atoms with Gasteiger partial charge in [-0.15, -0.1) is 0 Å². The highest BCUT2D eigenvalue weighted by Gasteiger charge is 2.10. The van der Waals surface area contributed by atoms with Gasteiger partial charge in [0.1, 0.15) is 0 Å². The summed E-state index contributed by atoms with van der Waals surface area (Å²) in [7, 11) is 0. The molecule has 1 aromatic carbocycles. The molecule has 20 heavy (non-hydrogen) atoms. The first kappa shape index (κ1) is 15.7. The molecule has 1 aliphatic heterocycles. The highest BCUT2D eigenvalue weighted by atomic mass is 32.2. The molecule has 112 valence electrons. The van der Waals surface area contributed by atoms with Gasteiger partial charge in [0.15, 0.2) is 0 Å². The molecule has 1 N–H and O–H groups in total. The van der Waals surface area contributed by atoms with E-state index in [4.69, 9.17) is 4.74 Å². The summed E-state index contributed by atoms with van der Waals surface area (Å²) in [5.41, 5.74) is 2.67. The summed E-state index contributed by atoms with van der Waals surface area (Å²) in [5, 5.41) is 3.54. The maximum Gasteiger partial charge on any atom is 0.0642 e. The number of benzene rings is 1. The summed E-state index contributed by atoms with van der Waals surface area (Å²) >= 11 is 1.92. The second kappa shape index (κ2) is 8.55. The van der Waals surface area contributed by atoms with E-state index in [0.29, 0.717) is 0 Å². The number of anilines is 1. The van der Waals surface area contributed by atoms with Gasteiger partial charge < -0.3 is 15.0 Å². The van der Waals surface area contributed by atoms with Crippen LogP contribution in [0.1, 0.15) is 12.5 Å². The fraction of sp³-hybridized carbons (Fsp3) is 0.625. The predicted octanol–water partition coefficient (Wildman–Crippen LogP) is 2.61. The van der Waals surface area contributed by atoms with Gasteiger partial charge in [-0.25, -0.2) is 0 Å². The molecule has 3 nitrogen and oxygen atoms in total. The molecular formula is C16H26N2OS. The topological polar surface area (TPSA) is 24.5 Å². The zero-order valence-electron chi connectivity index (χ0n) is 12.6. The lowest BCUT2D eigenvalue weighted by Gasteiger charge is -2.28. The van der Waals surface area contributed by atoms with Crippen LogP contribution >= 0.6 is 11.8 Å². The molecule has 1 unspecified atom stereocenters. The summed E-state index contributed by atoms with van der Waals surface area (Å²) in [6.07, 6.45) is 2.17. The van der Waals surface area contributed by atoms with Gasteiger partial charge in [-0.2, -0.15) is 11.8 Å². The van der Waals surface area contributed by atoms with Crippen molar-refractivity contribution in [2.45, 2.75) is 13.5 Å². The number of morpholine rings is 1. The van der Waals surface area contributed by atoms with Crippen LogP contribution < -0.4 is 10.2 Å². The quantitative estimate of drug-likeness (QED) is 0.835. The molecule has 0 aromatic heterocycles. The average molecular weight is 294 g/mol. The van der Waals surface area contributed by atoms with Gasteiger partial charge in [0.05, 0.1) is 13.2 Å². The number of rotatable bonds is 7. The molecule has 1 aliphatic rings. The van der Waals surface area contributed by atoms with Crippen LogP contribution in [0, 0.1) is 5.92 Å². The Morgan fingerprint density at radius 1 is 1.25 bits per heavy atom. The van der Waals surface area contributed by atoms with Crippen molar-refractivity contribution in [2.75, 3.05) is 49.8 Å². The summed E-state index contributed by atoms with van der Waals surface area (Å²) in [6.45, 7) is 8.04. The first-order valence-corrected chi connectivity index (χ1v) is 8.80. The van der Waals surface area contributed by atoms with Gasteiger partial charge in [0, 0.05) is 25.3 Å². The predicted molar refractivity (Wildman–Crippen MR) is 88.7 cm³/mol. The Kier molecular flexibility index (Phi) is 6.70. The minimum atomic E-state index is 0.734. The minimum absolute atomic E-state index is 0.734. The van der Waals surface area contributed by atoms with Gasteiger partial charge in [-0.3, -0.25) is 0 Å². The highest BCUT2D eigenvalue weighted by Crippen LogP contribution is 2.16. The zero-order valence-corrected chi connectivity index (χ0v) is 13.4. The third-order valence-electron chi connectivity index (χ3n) is 3.59. The van der Waals surface area contributed by atoms with Crippen molar-refractivity contribution >= 4 is 17.4 Å². The molecule has 1 aromatic rings. The van der Waals surface area contributed by atoms with E-state index < -0.39 is 0 Å². The number of thioether (sulfide) groups is 1. The van der Waals surface area contributed by atoms with Crippen LogP contribution in [-0.2, 0) is 11.3 Å². The van der Waals surface area contributed by atoms with Gasteiger partial charge in [0.2, 0.25) is 0 Å². The smallest absolute Gasteiger partial charge is 0.0642 e. The fourth-order valence-electron chi connectivity index (χ4n) is 2.45. The largest absolute Gasteiger partial charge is 0.378 e. The Morgan fingerprint density at radius 3 is 2.60 bits per heavy atom. The van der Waals surface area contributed by atoms with Crippen LogP contribution in [0.25, 0.3) is 0 Å². The first-order chi connectivity index (χ1) is 9.79. The normalized spacial score (nSPS) is 17.2. The van der Waals surface area contributed by atoms with E-state index in [-0.39, 0.29) is 0 Å². The van der Waals surface area contributed by atoms with Crippen molar-refractivity contribution < 1.29 is 4.74 Å². The van der Waals surface area contributed by atoms with Gasteiger partial charge in [0.25, 0.3) is 0 Å². The number of hydrogen-bond donors (Lipinski definition) is 1. The Balaban J connectivity index is 1.76. The molecule has 1 atom stereocenters. The second-order valence-corrected chi connectivity index (χ2v) is 6.37. The maximum atomic E-state index is 5.39. The molecule has 4 heteroatoms. The van der Waals surface area contributed by atoms with E-state index in [1.54, 1.807) is 0 Å². The molecule has 0 saturated carbocycles. The lowest BCUT2D eigenvalue weighted by molar-refractivity contribution is 0.122. The minimum Gasteiger partial charge on any atom is -0.378 e. The van der Waals surface area contributed by atoms with E-state index >= 15 is 0 Å². The molecule has 1 heterocycles. The van der Waals surface area contributed by atoms with E-state index in [9.17, 15) is 0 Å². The Bertz CT molecular complexity index is 377. The summed E-state index contributed by atoms with van der Waals surface area (Å²) in [4.78, 5) is 2.39. The standard InChI is InChI=1S/C16H26N2OS/c1-14(13-20-2)11-17-12-15-3-5-16(6-4-15)18-7-9-19-10-8-18/h3-6,14,17H,7-13H2,1-2H3. The summed E-state index contributed by atoms with van der Waals surface area (Å²) in [6, 6.07) is 8.93. The number of nitrogens with zero attached hydrogens (tertiary/aromatic N) is 1. The zero-order chi connectivity index (χ0) is 14.2. The van der Waals surface area contributed by atoms with Gasteiger partial charge >= 0.3 is 0 Å². The van der Waals surface area contributed by atoms with Crippen LogP contribution in [0.4, 0.5) is 5.69 Å². The molecule has 0 aliphatic carbocycles. The Morgan fingerprint density at radius 2 is 1.95 bits per heavy atom. The van der Waals surface area contributed by atoms with E-state index in [0.717, 1.165) is 45.3 Å². The third-order valence-corrected chi connectivity index (χ3v) is 4.49. The van der Waals surface area contributed by atoms with Crippen molar-refractivity contribution in [3.8, 4) is 0 Å². The monoisotopic (exact) mass is 294 g/mol. The van der Waals surface area contributed by atoms with Crippen molar-refractivity contribution in [3.05, 3.63) is 29.8 Å². The van der Waals surface area contributed by atoms with E-state index in [1.165, 1.54) is 17.0 Å². The molecule has 0 radical (unpaired) electrons. The molecule has 0 amide bonds. The van der Waals surface area contributed by atoms with Crippen molar-refractivity contribution in [1.82, 2.24) is 5.32 Å². The second-order valence-electron chi connectivity index (χ2n) is 5.46. The molecular weight excluding hydrogens is 268 g/mol. The molecule has 1 fully saturated rings. The van der Waals surface area contributed by atoms with Crippen LogP contribution in [0.5, 0.6) is 0 Å². The Labute approximate surface area is 127 Å². The van der Waals surface area contributed by atoms with Crippen molar-refractivity contribution in [3.63, 3.8) is 0 Å². The van der Waals surface area contributed by atoms with Crippen LogP contribution in [-0.4, -0.2) is 44.9 Å². The number of hydrogen-bond acceptors (Lipinski definition) is 4. The van der Waals surface area contributed by atoms with E-state index in [1.807, 2.05) is 11.8 Å². The lowest BCUT2D eigenvalue weighted by Crippen LogP contribution is -2.36. The summed E-state index contributed by atoms with van der Waals surface area (Å²) in [5.74, 6) is 1.96. The Hall–Kier alpha value is -0.710. The fourth-order valence-corrected chi connectivity index (χ4v) is 3.14. The first-order valence-electron chi connectivity index (χ1n) is 7.41. The van der Waals surface area contributed by atoms with Crippen LogP contribution in [0.15, 0.2) is 24.3 Å². The van der Waals surface area contributed by atoms with E-state index in [2.05, 4.69) is 47.7 Å². The number of ether oxygens (including phenoxy) is 1. The number of nitrogens with one attached hydrogen (secondary N) is 1. The molecule has 1 saturated heterocycles. The molecule has 0 spiro atoms. The third kappa shape index (κ3) is 5.00. The molecule has 0 bridgehead atoms. The molecule has 2 rings (SSSR count). The highest BCUT2D eigenvalue weighted by molar-refractivity contribution is 7.98. The van der Waals surface area contributed by atoms with Gasteiger partial charge in [-0.1, -0.05) is 19.1 Å². The van der Waals surface area contributed by atoms with Crippen molar-refractivity contribution in [1.29, 1.82) is 0 Å². The lowest BCUT2D eigenvalue weighted by atomic mass is 10.1. The van der Waals surface area contributed by atoms with Crippen LogP contribution in [0.2, 0.25) is 0 Å². The maximum absolute atomic E-state index is 5.39.